The molecule has 30 heavy (non-hydrogen) atoms. The Morgan fingerprint density at radius 2 is 1.80 bits per heavy atom. The lowest BCUT2D eigenvalue weighted by molar-refractivity contribution is -0.136. The molecule has 1 unspecified atom stereocenters. The number of amides is 4. The number of carbonyl (C=O) groups is 3. The van der Waals surface area contributed by atoms with E-state index in [1.54, 1.807) is 0 Å². The molecule has 7 heteroatoms. The van der Waals surface area contributed by atoms with Crippen molar-refractivity contribution in [3.8, 4) is 0 Å². The number of carbonyl (C=O) groups excluding carboxylic acids is 3. The van der Waals surface area contributed by atoms with Crippen molar-refractivity contribution < 1.29 is 14.4 Å². The molecule has 0 aromatic heterocycles. The highest BCUT2D eigenvalue weighted by Gasteiger charge is 2.53. The molecule has 4 rings (SSSR count). The van der Waals surface area contributed by atoms with Crippen LogP contribution < -0.4 is 10.6 Å². The third kappa shape index (κ3) is 4.67. The lowest BCUT2D eigenvalue weighted by Gasteiger charge is -2.38. The zero-order chi connectivity index (χ0) is 21.0. The molecule has 1 aromatic carbocycles. The van der Waals surface area contributed by atoms with Gasteiger partial charge in [-0.25, -0.2) is 4.79 Å². The van der Waals surface area contributed by atoms with Crippen molar-refractivity contribution >= 4 is 17.8 Å². The van der Waals surface area contributed by atoms with Crippen LogP contribution in [0.25, 0.3) is 0 Å². The second-order valence-corrected chi connectivity index (χ2v) is 8.96. The zero-order valence-corrected chi connectivity index (χ0v) is 17.6. The normalized spacial score (nSPS) is 25.9. The van der Waals surface area contributed by atoms with Crippen molar-refractivity contribution in [3.63, 3.8) is 0 Å². The van der Waals surface area contributed by atoms with Gasteiger partial charge in [0.15, 0.2) is 0 Å². The minimum atomic E-state index is -0.910. The number of hydrogen-bond donors (Lipinski definition) is 2. The van der Waals surface area contributed by atoms with Gasteiger partial charge in [0.25, 0.3) is 5.91 Å². The fraction of sp³-hybridized carbons (Fsp3) is 0.609. The largest absolute Gasteiger partial charge is 0.352 e. The molecule has 1 saturated carbocycles. The molecular formula is C23H32N4O3. The molecule has 1 spiro atoms. The highest BCUT2D eigenvalue weighted by Crippen LogP contribution is 2.29. The van der Waals surface area contributed by atoms with Gasteiger partial charge in [-0.15, -0.1) is 0 Å². The first kappa shape index (κ1) is 20.8. The Morgan fingerprint density at radius 1 is 1.07 bits per heavy atom. The van der Waals surface area contributed by atoms with E-state index in [1.807, 2.05) is 18.2 Å². The van der Waals surface area contributed by atoms with Gasteiger partial charge in [-0.2, -0.15) is 0 Å². The smallest absolute Gasteiger partial charge is 0.325 e. The van der Waals surface area contributed by atoms with Crippen LogP contribution in [-0.2, 0) is 16.1 Å². The van der Waals surface area contributed by atoms with Gasteiger partial charge in [0, 0.05) is 19.1 Å². The van der Waals surface area contributed by atoms with Gasteiger partial charge in [0.05, 0.1) is 0 Å². The molecule has 0 bridgehead atoms. The molecule has 162 valence electrons. The molecule has 1 aliphatic carbocycles. The van der Waals surface area contributed by atoms with Crippen molar-refractivity contribution in [1.82, 2.24) is 20.4 Å². The van der Waals surface area contributed by atoms with Crippen molar-refractivity contribution in [2.45, 2.75) is 69.5 Å². The Balaban J connectivity index is 1.37. The number of rotatable bonds is 5. The molecule has 2 aliphatic heterocycles. The molecule has 2 N–H and O–H groups in total. The van der Waals surface area contributed by atoms with Crippen molar-refractivity contribution in [2.24, 2.45) is 0 Å². The minimum absolute atomic E-state index is 0.158. The van der Waals surface area contributed by atoms with Crippen LogP contribution in [0.5, 0.6) is 0 Å². The number of urea groups is 1. The summed E-state index contributed by atoms with van der Waals surface area (Å²) in [5.41, 5.74) is 0.276. The summed E-state index contributed by atoms with van der Waals surface area (Å²) in [4.78, 5) is 41.7. The van der Waals surface area contributed by atoms with Crippen molar-refractivity contribution in [3.05, 3.63) is 35.9 Å². The van der Waals surface area contributed by atoms with Crippen LogP contribution in [0.2, 0.25) is 0 Å². The van der Waals surface area contributed by atoms with E-state index in [9.17, 15) is 14.4 Å². The summed E-state index contributed by atoms with van der Waals surface area (Å²) in [5, 5.41) is 5.96. The van der Waals surface area contributed by atoms with Gasteiger partial charge in [0.1, 0.15) is 12.1 Å². The van der Waals surface area contributed by atoms with Crippen LogP contribution in [-0.4, -0.2) is 58.9 Å². The summed E-state index contributed by atoms with van der Waals surface area (Å²) >= 11 is 0. The molecule has 2 heterocycles. The third-order valence-electron chi connectivity index (χ3n) is 6.59. The Hall–Kier alpha value is -2.41. The summed E-state index contributed by atoms with van der Waals surface area (Å²) in [5.74, 6) is -0.499. The second-order valence-electron chi connectivity index (χ2n) is 8.96. The number of likely N-dealkylation sites (tertiary alicyclic amines) is 1. The van der Waals surface area contributed by atoms with E-state index in [1.165, 1.54) is 18.4 Å². The van der Waals surface area contributed by atoms with Crippen LogP contribution >= 0.6 is 0 Å². The predicted octanol–water partition coefficient (Wildman–Crippen LogP) is 2.41. The number of hydrogen-bond acceptors (Lipinski definition) is 4. The number of imide groups is 1. The van der Waals surface area contributed by atoms with Crippen molar-refractivity contribution in [1.29, 1.82) is 0 Å². The lowest BCUT2D eigenvalue weighted by atomic mass is 9.88. The van der Waals surface area contributed by atoms with Crippen LogP contribution in [0, 0.1) is 0 Å². The SMILES string of the molecule is O=C(CN1C(=O)NC2(CCCN(Cc3ccccc3)C2)C1=O)NC1CCCCCC1. The van der Waals surface area contributed by atoms with E-state index < -0.39 is 11.6 Å². The van der Waals surface area contributed by atoms with Gasteiger partial charge in [-0.05, 0) is 37.8 Å². The van der Waals surface area contributed by atoms with E-state index in [0.29, 0.717) is 13.0 Å². The van der Waals surface area contributed by atoms with E-state index in [-0.39, 0.29) is 24.4 Å². The monoisotopic (exact) mass is 412 g/mol. The molecule has 3 aliphatic rings. The van der Waals surface area contributed by atoms with Gasteiger partial charge in [-0.3, -0.25) is 19.4 Å². The van der Waals surface area contributed by atoms with Gasteiger partial charge in [0.2, 0.25) is 5.91 Å². The van der Waals surface area contributed by atoms with E-state index in [0.717, 1.165) is 50.1 Å². The molecule has 1 aromatic rings. The van der Waals surface area contributed by atoms with E-state index in [4.69, 9.17) is 0 Å². The maximum atomic E-state index is 13.2. The highest BCUT2D eigenvalue weighted by atomic mass is 16.2. The van der Waals surface area contributed by atoms with Crippen LogP contribution in [0.1, 0.15) is 56.9 Å². The maximum absolute atomic E-state index is 13.2. The summed E-state index contributed by atoms with van der Waals surface area (Å²) < 4.78 is 0. The topological polar surface area (TPSA) is 81.8 Å². The predicted molar refractivity (Wildman–Crippen MR) is 114 cm³/mol. The zero-order valence-electron chi connectivity index (χ0n) is 17.6. The van der Waals surface area contributed by atoms with Crippen LogP contribution in [0.4, 0.5) is 4.79 Å². The van der Waals surface area contributed by atoms with Gasteiger partial charge in [-0.1, -0.05) is 56.0 Å². The number of piperidine rings is 1. The molecule has 3 fully saturated rings. The number of nitrogens with zero attached hydrogens (tertiary/aromatic N) is 2. The Morgan fingerprint density at radius 3 is 2.53 bits per heavy atom. The van der Waals surface area contributed by atoms with Crippen molar-refractivity contribution in [2.75, 3.05) is 19.6 Å². The first-order valence-corrected chi connectivity index (χ1v) is 11.3. The Bertz CT molecular complexity index is 776. The first-order chi connectivity index (χ1) is 14.6. The third-order valence-corrected chi connectivity index (χ3v) is 6.59. The summed E-state index contributed by atoms with van der Waals surface area (Å²) in [7, 11) is 0. The van der Waals surface area contributed by atoms with Crippen LogP contribution in [0.3, 0.4) is 0 Å². The molecule has 0 radical (unpaired) electrons. The first-order valence-electron chi connectivity index (χ1n) is 11.3. The Labute approximate surface area is 178 Å². The standard InChI is InChI=1S/C23H32N4O3/c28-20(24-19-11-6-1-2-7-12-19)16-27-21(29)23(25-22(27)30)13-8-14-26(17-23)15-18-9-4-3-5-10-18/h3-5,9-10,19H,1-2,6-8,11-17H2,(H,24,28)(H,25,30). The highest BCUT2D eigenvalue weighted by molar-refractivity contribution is 6.09. The fourth-order valence-electron chi connectivity index (χ4n) is 5.06. The minimum Gasteiger partial charge on any atom is -0.352 e. The number of nitrogens with one attached hydrogen (secondary N) is 2. The summed E-state index contributed by atoms with van der Waals surface area (Å²) in [6.45, 7) is 1.92. The summed E-state index contributed by atoms with van der Waals surface area (Å²) in [6.07, 6.45) is 8.06. The molecule has 4 amide bonds. The summed E-state index contributed by atoms with van der Waals surface area (Å²) in [6, 6.07) is 9.85. The molecular weight excluding hydrogens is 380 g/mol. The lowest BCUT2D eigenvalue weighted by Crippen LogP contribution is -2.58. The molecule has 1 atom stereocenters. The van der Waals surface area contributed by atoms with Gasteiger partial charge < -0.3 is 10.6 Å². The Kier molecular flexibility index (Phi) is 6.37. The maximum Gasteiger partial charge on any atom is 0.325 e. The average molecular weight is 413 g/mol. The quantitative estimate of drug-likeness (QED) is 0.575. The van der Waals surface area contributed by atoms with Crippen LogP contribution in [0.15, 0.2) is 30.3 Å². The second kappa shape index (κ2) is 9.16. The fourth-order valence-corrected chi connectivity index (χ4v) is 5.06. The van der Waals surface area contributed by atoms with E-state index in [2.05, 4.69) is 27.7 Å². The van der Waals surface area contributed by atoms with Gasteiger partial charge >= 0.3 is 6.03 Å². The molecule has 2 saturated heterocycles. The van der Waals surface area contributed by atoms with E-state index >= 15 is 0 Å². The average Bonchev–Trinajstić information content (AvgIpc) is 2.91. The number of benzene rings is 1. The molecule has 7 nitrogen and oxygen atoms in total.